The van der Waals surface area contributed by atoms with Gasteiger partial charge in [-0.2, -0.15) is 0 Å². The van der Waals surface area contributed by atoms with Gasteiger partial charge in [0.15, 0.2) is 5.82 Å². The average Bonchev–Trinajstić information content (AvgIpc) is 3.24. The lowest BCUT2D eigenvalue weighted by Crippen LogP contribution is -2.02. The second-order valence-electron chi connectivity index (χ2n) is 13.0. The molecule has 0 bridgehead atoms. The highest BCUT2D eigenvalue weighted by Gasteiger charge is 2.20. The molecule has 0 radical (unpaired) electrons. The predicted molar refractivity (Wildman–Crippen MR) is 214 cm³/mol. The predicted octanol–water partition coefficient (Wildman–Crippen LogP) is 12.0. The third-order valence-electron chi connectivity index (χ3n) is 9.64. The van der Waals surface area contributed by atoms with E-state index >= 15 is 0 Å². The van der Waals surface area contributed by atoms with Gasteiger partial charge in [0.05, 0.1) is 22.8 Å². The van der Waals surface area contributed by atoms with Gasteiger partial charge in [0.2, 0.25) is 0 Å². The normalized spacial score (nSPS) is 12.7. The van der Waals surface area contributed by atoms with Crippen molar-refractivity contribution in [2.75, 3.05) is 0 Å². The zero-order chi connectivity index (χ0) is 34.7. The quantitative estimate of drug-likeness (QED) is 0.170. The summed E-state index contributed by atoms with van der Waals surface area (Å²) in [6, 6.07) is 54.9. The van der Waals surface area contributed by atoms with Gasteiger partial charge >= 0.3 is 0 Å². The fourth-order valence-electron chi connectivity index (χ4n) is 7.13. The summed E-state index contributed by atoms with van der Waals surface area (Å²) in [5, 5.41) is 2.40. The number of hydrogen-bond donors (Lipinski definition) is 0. The third kappa shape index (κ3) is 6.23. The number of hydrogen-bond acceptors (Lipinski definition) is 4. The Labute approximate surface area is 303 Å². The number of aromatic nitrogens is 4. The topological polar surface area (TPSA) is 51.6 Å². The number of allylic oxidation sites excluding steroid dienone is 4. The Morgan fingerprint density at radius 2 is 1.02 bits per heavy atom. The minimum Gasteiger partial charge on any atom is -0.256 e. The molecule has 9 rings (SSSR count). The van der Waals surface area contributed by atoms with Crippen molar-refractivity contribution < 1.29 is 0 Å². The summed E-state index contributed by atoms with van der Waals surface area (Å²) in [5.74, 6) is 0.766. The van der Waals surface area contributed by atoms with Crippen LogP contribution in [0.4, 0.5) is 0 Å². The SMILES string of the molecule is C1=C(c2nc(-c3ccccc3)cc(-c3ccccc3)n2)CCC=C1c1c(-c2cc(-c3ccccn3)cc(-c3ccccn3)c2)ccc2ccccc12. The number of rotatable bonds is 7. The summed E-state index contributed by atoms with van der Waals surface area (Å²) in [6.45, 7) is 0. The first-order valence-corrected chi connectivity index (χ1v) is 17.7. The summed E-state index contributed by atoms with van der Waals surface area (Å²) in [5.41, 5.74) is 13.7. The van der Waals surface area contributed by atoms with Crippen molar-refractivity contribution in [2.24, 2.45) is 0 Å². The van der Waals surface area contributed by atoms with Gasteiger partial charge in [-0.25, -0.2) is 9.97 Å². The van der Waals surface area contributed by atoms with E-state index in [0.717, 1.165) is 80.4 Å². The monoisotopic (exact) mass is 666 g/mol. The van der Waals surface area contributed by atoms with E-state index in [-0.39, 0.29) is 0 Å². The third-order valence-corrected chi connectivity index (χ3v) is 9.64. The Hall–Kier alpha value is -6.78. The summed E-state index contributed by atoms with van der Waals surface area (Å²) >= 11 is 0. The maximum atomic E-state index is 5.19. The van der Waals surface area contributed by atoms with Gasteiger partial charge < -0.3 is 0 Å². The van der Waals surface area contributed by atoms with Crippen LogP contribution in [-0.2, 0) is 0 Å². The van der Waals surface area contributed by atoms with Crippen LogP contribution in [-0.4, -0.2) is 19.9 Å². The second kappa shape index (κ2) is 13.9. The Balaban J connectivity index is 1.23. The van der Waals surface area contributed by atoms with Crippen LogP contribution in [0, 0.1) is 0 Å². The van der Waals surface area contributed by atoms with Crippen molar-refractivity contribution in [1.82, 2.24) is 19.9 Å². The lowest BCUT2D eigenvalue weighted by molar-refractivity contribution is 1.01. The average molecular weight is 667 g/mol. The van der Waals surface area contributed by atoms with Crippen LogP contribution in [0.25, 0.3) is 78.1 Å². The van der Waals surface area contributed by atoms with Crippen molar-refractivity contribution in [3.63, 3.8) is 0 Å². The Bertz CT molecular complexity index is 2480. The lowest BCUT2D eigenvalue weighted by Gasteiger charge is -2.20. The van der Waals surface area contributed by atoms with Gasteiger partial charge in [-0.3, -0.25) is 9.97 Å². The number of fused-ring (bicyclic) bond motifs is 1. The van der Waals surface area contributed by atoms with Gasteiger partial charge in [-0.05, 0) is 106 Å². The van der Waals surface area contributed by atoms with E-state index in [1.54, 1.807) is 0 Å². The standard InChI is InChI=1S/C48H34N4/c1-3-15-34(16-4-1)45-32-46(35-17-5-2-6-18-35)52-48(51-45)37-20-13-19-36(28-37)47-41-21-8-7-14-33(41)24-25-42(47)38-29-39(43-22-9-11-26-49-43)31-40(30-38)44-23-10-12-27-50-44/h1-12,14-19,21-32H,13,20H2. The lowest BCUT2D eigenvalue weighted by atomic mass is 9.85. The van der Waals surface area contributed by atoms with Gasteiger partial charge in [-0.1, -0.05) is 115 Å². The van der Waals surface area contributed by atoms with E-state index in [0.29, 0.717) is 0 Å². The van der Waals surface area contributed by atoms with Crippen molar-refractivity contribution in [2.45, 2.75) is 12.8 Å². The van der Waals surface area contributed by atoms with E-state index in [1.165, 1.54) is 21.9 Å². The van der Waals surface area contributed by atoms with Crippen molar-refractivity contribution in [1.29, 1.82) is 0 Å². The maximum absolute atomic E-state index is 5.19. The Morgan fingerprint density at radius 1 is 0.442 bits per heavy atom. The molecule has 4 heteroatoms. The summed E-state index contributed by atoms with van der Waals surface area (Å²) in [4.78, 5) is 19.8. The first-order chi connectivity index (χ1) is 25.8. The largest absolute Gasteiger partial charge is 0.256 e. The van der Waals surface area contributed by atoms with E-state index in [9.17, 15) is 0 Å². The molecule has 0 spiro atoms. The molecule has 5 aromatic carbocycles. The summed E-state index contributed by atoms with van der Waals surface area (Å²) in [7, 11) is 0. The van der Waals surface area contributed by atoms with Crippen LogP contribution in [0.3, 0.4) is 0 Å². The molecule has 0 saturated carbocycles. The fourth-order valence-corrected chi connectivity index (χ4v) is 7.13. The van der Waals surface area contributed by atoms with E-state index in [4.69, 9.17) is 19.9 Å². The van der Waals surface area contributed by atoms with Gasteiger partial charge in [0, 0.05) is 34.6 Å². The first-order valence-electron chi connectivity index (χ1n) is 17.7. The molecule has 0 aliphatic heterocycles. The van der Waals surface area contributed by atoms with Crippen LogP contribution < -0.4 is 0 Å². The Kier molecular flexibility index (Phi) is 8.32. The van der Waals surface area contributed by atoms with E-state index < -0.39 is 0 Å². The van der Waals surface area contributed by atoms with Crippen LogP contribution in [0.1, 0.15) is 24.2 Å². The molecular weight excluding hydrogens is 633 g/mol. The van der Waals surface area contributed by atoms with Crippen molar-refractivity contribution in [3.8, 4) is 56.2 Å². The highest BCUT2D eigenvalue weighted by molar-refractivity contribution is 6.05. The van der Waals surface area contributed by atoms with Crippen LogP contribution in [0.5, 0.6) is 0 Å². The van der Waals surface area contributed by atoms with Gasteiger partial charge in [0.25, 0.3) is 0 Å². The first kappa shape index (κ1) is 31.2. The molecule has 1 aliphatic carbocycles. The molecule has 3 heterocycles. The molecule has 0 fully saturated rings. The smallest absolute Gasteiger partial charge is 0.156 e. The van der Waals surface area contributed by atoms with Crippen LogP contribution in [0.15, 0.2) is 182 Å². The highest BCUT2D eigenvalue weighted by Crippen LogP contribution is 2.42. The van der Waals surface area contributed by atoms with Crippen LogP contribution >= 0.6 is 0 Å². The molecule has 0 atom stereocenters. The molecule has 0 N–H and O–H groups in total. The Morgan fingerprint density at radius 3 is 1.63 bits per heavy atom. The zero-order valence-electron chi connectivity index (χ0n) is 28.5. The van der Waals surface area contributed by atoms with Gasteiger partial charge in [0.1, 0.15) is 0 Å². The molecule has 52 heavy (non-hydrogen) atoms. The maximum Gasteiger partial charge on any atom is 0.156 e. The fraction of sp³-hybridized carbons (Fsp3) is 0.0417. The zero-order valence-corrected chi connectivity index (χ0v) is 28.5. The molecule has 0 amide bonds. The number of nitrogens with zero attached hydrogens (tertiary/aromatic N) is 4. The summed E-state index contributed by atoms with van der Waals surface area (Å²) < 4.78 is 0. The van der Waals surface area contributed by atoms with Crippen LogP contribution in [0.2, 0.25) is 0 Å². The molecule has 0 unspecified atom stereocenters. The molecular formula is C48H34N4. The molecule has 1 aliphatic rings. The second-order valence-corrected chi connectivity index (χ2v) is 13.0. The van der Waals surface area contributed by atoms with Crippen molar-refractivity contribution >= 4 is 21.9 Å². The molecule has 0 saturated heterocycles. The van der Waals surface area contributed by atoms with Crippen molar-refractivity contribution in [3.05, 3.63) is 194 Å². The van der Waals surface area contributed by atoms with Gasteiger partial charge in [-0.15, -0.1) is 0 Å². The number of benzene rings is 5. The molecule has 246 valence electrons. The summed E-state index contributed by atoms with van der Waals surface area (Å²) in [6.07, 6.45) is 10.1. The van der Waals surface area contributed by atoms with E-state index in [2.05, 4.69) is 133 Å². The van der Waals surface area contributed by atoms with E-state index in [1.807, 2.05) is 48.8 Å². The number of pyridine rings is 2. The molecule has 8 aromatic rings. The highest BCUT2D eigenvalue weighted by atomic mass is 14.9. The minimum absolute atomic E-state index is 0.766. The molecule has 4 nitrogen and oxygen atoms in total. The minimum atomic E-state index is 0.766. The molecule has 3 aromatic heterocycles.